The number of unbranched alkanes of at least 4 members (excludes halogenated alkanes) is 43. The van der Waals surface area contributed by atoms with Crippen LogP contribution in [0, 0.1) is 0 Å². The van der Waals surface area contributed by atoms with E-state index in [4.69, 9.17) is 4.79 Å². The molecule has 0 saturated carbocycles. The first-order valence-corrected chi connectivity index (χ1v) is 34.2. The third-order valence-electron chi connectivity index (χ3n) is 16.2. The molecule has 1 saturated heterocycles. The second-order valence-corrected chi connectivity index (χ2v) is 23.4. The molecule has 0 aromatic rings. The van der Waals surface area contributed by atoms with Crippen molar-refractivity contribution < 1.29 is 10.0 Å². The summed E-state index contributed by atoms with van der Waals surface area (Å²) >= 11 is 0. The van der Waals surface area contributed by atoms with Crippen molar-refractivity contribution in [3.63, 3.8) is 0 Å². The van der Waals surface area contributed by atoms with Crippen molar-refractivity contribution in [2.75, 3.05) is 85.1 Å². The van der Waals surface area contributed by atoms with Crippen LogP contribution >= 0.6 is 0 Å². The molecule has 0 aromatic heterocycles. The third kappa shape index (κ3) is 77.4. The number of hydroxylamine groups is 2. The molecule has 0 radical (unpaired) electrons. The predicted molar refractivity (Wildman–Crippen MR) is 366 cm³/mol. The van der Waals surface area contributed by atoms with Crippen LogP contribution in [-0.2, 0) is 4.79 Å². The van der Waals surface area contributed by atoms with Crippen molar-refractivity contribution in [3.8, 4) is 0 Å². The molecule has 1 aliphatic rings. The Morgan fingerprint density at radius 1 is 0.291 bits per heavy atom. The van der Waals surface area contributed by atoms with E-state index in [1.807, 2.05) is 6.79 Å². The SMILES string of the molecule is C.C.C.C.C.C=O.CCCCCCCCCCCCN(CCCCCCCCCC)CCN1CCN(O)CC1.CCCCCCCCCCCCNCCN(CCCCCCCCCCCC)CCCCCCCCCCCC. The molecule has 2 N–H and O–H groups in total. The lowest BCUT2D eigenvalue weighted by atomic mass is 10.1. The Balaban J connectivity index is -0.000000244. The van der Waals surface area contributed by atoms with Crippen LogP contribution < -0.4 is 5.32 Å². The lowest BCUT2D eigenvalue weighted by molar-refractivity contribution is -0.117. The second kappa shape index (κ2) is 83.9. The average Bonchev–Trinajstić information content (AvgIpc) is 3.42. The summed E-state index contributed by atoms with van der Waals surface area (Å²) in [6.07, 6.45) is 68.7. The summed E-state index contributed by atoms with van der Waals surface area (Å²) in [7, 11) is 0. The fraction of sp³-hybridized carbons (Fsp3) is 0.986. The van der Waals surface area contributed by atoms with E-state index in [2.05, 4.69) is 54.6 Å². The highest BCUT2D eigenvalue weighted by Crippen LogP contribution is 2.16. The van der Waals surface area contributed by atoms with E-state index in [-0.39, 0.29) is 37.1 Å². The van der Waals surface area contributed by atoms with Gasteiger partial charge < -0.3 is 25.1 Å². The van der Waals surface area contributed by atoms with Gasteiger partial charge in [-0.15, -0.1) is 0 Å². The number of hydrogen-bond donors (Lipinski definition) is 2. The van der Waals surface area contributed by atoms with Gasteiger partial charge in [-0.2, -0.15) is 5.06 Å². The first kappa shape index (κ1) is 92.2. The molecule has 0 atom stereocenters. The highest BCUT2D eigenvalue weighted by atomic mass is 16.5. The van der Waals surface area contributed by atoms with E-state index < -0.39 is 0 Å². The first-order valence-electron chi connectivity index (χ1n) is 34.2. The van der Waals surface area contributed by atoms with Gasteiger partial charge in [-0.1, -0.05) is 348 Å². The Bertz CT molecular complexity index is 942. The van der Waals surface area contributed by atoms with Crippen LogP contribution in [0.25, 0.3) is 0 Å². The molecule has 0 unspecified atom stereocenters. The fourth-order valence-electron chi connectivity index (χ4n) is 11.0. The summed E-state index contributed by atoms with van der Waals surface area (Å²) in [5.41, 5.74) is 0. The molecule has 7 heteroatoms. The molecule has 0 aromatic carbocycles. The molecule has 1 rings (SSSR count). The second-order valence-electron chi connectivity index (χ2n) is 23.4. The van der Waals surface area contributed by atoms with Gasteiger partial charge >= 0.3 is 0 Å². The molecule has 0 aliphatic carbocycles. The third-order valence-corrected chi connectivity index (χ3v) is 16.2. The van der Waals surface area contributed by atoms with Crippen LogP contribution in [0.3, 0.4) is 0 Å². The fourth-order valence-corrected chi connectivity index (χ4v) is 11.0. The molecule has 1 aliphatic heterocycles. The minimum absolute atomic E-state index is 0. The van der Waals surface area contributed by atoms with Crippen LogP contribution in [0.5, 0.6) is 0 Å². The van der Waals surface area contributed by atoms with Gasteiger partial charge in [-0.3, -0.25) is 4.90 Å². The highest BCUT2D eigenvalue weighted by molar-refractivity contribution is 5.11. The zero-order valence-electron chi connectivity index (χ0n) is 52.0. The maximum atomic E-state index is 9.59. The largest absolute Gasteiger partial charge is 0.315 e. The van der Waals surface area contributed by atoms with Crippen molar-refractivity contribution in [2.45, 2.75) is 380 Å². The Morgan fingerprint density at radius 3 is 0.759 bits per heavy atom. The van der Waals surface area contributed by atoms with E-state index in [9.17, 15) is 5.21 Å². The molecular formula is C72H161N5O2. The first-order chi connectivity index (χ1) is 36.6. The van der Waals surface area contributed by atoms with Crippen molar-refractivity contribution in [3.05, 3.63) is 0 Å². The van der Waals surface area contributed by atoms with Crippen LogP contribution in [0.15, 0.2) is 0 Å². The zero-order valence-corrected chi connectivity index (χ0v) is 52.0. The number of hydrogen-bond acceptors (Lipinski definition) is 7. The smallest absolute Gasteiger partial charge is 0.106 e. The summed E-state index contributed by atoms with van der Waals surface area (Å²) in [6, 6.07) is 0. The molecule has 486 valence electrons. The maximum absolute atomic E-state index is 9.59. The number of rotatable bonds is 59. The van der Waals surface area contributed by atoms with E-state index in [0.717, 1.165) is 26.2 Å². The van der Waals surface area contributed by atoms with Gasteiger partial charge in [0.1, 0.15) is 6.79 Å². The van der Waals surface area contributed by atoms with Crippen molar-refractivity contribution >= 4 is 6.79 Å². The summed E-state index contributed by atoms with van der Waals surface area (Å²) in [6.45, 7) is 28.4. The monoisotopic (exact) mass is 1130 g/mol. The van der Waals surface area contributed by atoms with Gasteiger partial charge in [0.05, 0.1) is 0 Å². The number of piperazine rings is 1. The number of nitrogens with zero attached hydrogens (tertiary/aromatic N) is 4. The number of nitrogens with one attached hydrogen (secondary N) is 1. The summed E-state index contributed by atoms with van der Waals surface area (Å²) < 4.78 is 0. The van der Waals surface area contributed by atoms with Crippen LogP contribution in [0.2, 0.25) is 0 Å². The van der Waals surface area contributed by atoms with E-state index in [0.29, 0.717) is 0 Å². The summed E-state index contributed by atoms with van der Waals surface area (Å²) in [5.74, 6) is 0. The minimum Gasteiger partial charge on any atom is -0.315 e. The van der Waals surface area contributed by atoms with Crippen molar-refractivity contribution in [1.29, 1.82) is 0 Å². The molecule has 0 spiro atoms. The summed E-state index contributed by atoms with van der Waals surface area (Å²) in [4.78, 5) is 16.1. The Hall–Kier alpha value is -0.570. The minimum atomic E-state index is 0. The van der Waals surface area contributed by atoms with Gasteiger partial charge in [0.2, 0.25) is 0 Å². The summed E-state index contributed by atoms with van der Waals surface area (Å²) in [5, 5.41) is 14.8. The normalized spacial score (nSPS) is 12.4. The van der Waals surface area contributed by atoms with Crippen LogP contribution in [0.4, 0.5) is 0 Å². The van der Waals surface area contributed by atoms with E-state index in [1.165, 1.54) is 372 Å². The lowest BCUT2D eigenvalue weighted by Crippen LogP contribution is -2.47. The standard InChI is InChI=1S/C38H80N2.C28H59N3O.CH2O.5CH4/c1-4-7-10-13-16-19-22-25-28-31-34-39-35-38-40(36-32-29-26-23-20-17-14-11-8-5-2)37-33-30-27-24-21-18-15-12-9-6-3;1-3-5-7-9-11-13-14-16-18-20-22-29(21-19-17-15-12-10-8-6-4-2)23-24-30-25-27-31(32)28-26-30;1-2;;;;;/h39H,4-38H2,1-3H3;32H,3-28H2,1-2H3;1H2;5*1H4. The topological polar surface area (TPSA) is 62.3 Å². The van der Waals surface area contributed by atoms with Crippen LogP contribution in [0.1, 0.15) is 380 Å². The average molecular weight is 1130 g/mol. The Labute approximate surface area is 504 Å². The molecular weight excluding hydrogens is 967 g/mol. The zero-order chi connectivity index (χ0) is 54.2. The molecule has 0 amide bonds. The van der Waals surface area contributed by atoms with Gasteiger partial charge in [-0.05, 0) is 64.8 Å². The van der Waals surface area contributed by atoms with Gasteiger partial charge in [0.25, 0.3) is 0 Å². The molecule has 0 bridgehead atoms. The van der Waals surface area contributed by atoms with Crippen molar-refractivity contribution in [2.24, 2.45) is 0 Å². The number of carbonyl (C=O) groups is 1. The maximum Gasteiger partial charge on any atom is 0.106 e. The van der Waals surface area contributed by atoms with Gasteiger partial charge in [0, 0.05) is 52.4 Å². The predicted octanol–water partition coefficient (Wildman–Crippen LogP) is 23.0. The Morgan fingerprint density at radius 2 is 0.506 bits per heavy atom. The Kier molecular flexibility index (Phi) is 97.9. The van der Waals surface area contributed by atoms with Crippen LogP contribution in [-0.4, -0.2) is 117 Å². The van der Waals surface area contributed by atoms with E-state index >= 15 is 0 Å². The lowest BCUT2D eigenvalue weighted by Gasteiger charge is -2.33. The molecule has 1 heterocycles. The quantitative estimate of drug-likeness (QED) is 0.0589. The molecule has 7 nitrogen and oxygen atoms in total. The van der Waals surface area contributed by atoms with Crippen molar-refractivity contribution in [1.82, 2.24) is 25.1 Å². The van der Waals surface area contributed by atoms with E-state index in [1.54, 1.807) is 0 Å². The molecule has 1 fully saturated rings. The van der Waals surface area contributed by atoms with Gasteiger partial charge in [0.15, 0.2) is 0 Å². The number of carbonyl (C=O) groups excluding carboxylic acids is 1. The molecule has 79 heavy (non-hydrogen) atoms. The highest BCUT2D eigenvalue weighted by Gasteiger charge is 2.16. The van der Waals surface area contributed by atoms with Gasteiger partial charge in [-0.25, -0.2) is 0 Å².